The SMILES string of the molecule is O=C1CCC(N2C(=O)c3cccc(NCCCCCCCCCC(=O)N4CCC(NC5CC(C(=O)NC[C@H](O)CN6CCc7ccccc7C6)CCN5)CC4)c3C2=O)C(=O)N1. The monoisotopic (exact) mass is 840 g/mol. The molecule has 5 heterocycles. The minimum absolute atomic E-state index is 0.0135. The lowest BCUT2D eigenvalue weighted by atomic mass is 9.93. The van der Waals surface area contributed by atoms with Gasteiger partial charge < -0.3 is 26.0 Å². The molecule has 330 valence electrons. The van der Waals surface area contributed by atoms with Crippen LogP contribution in [0.5, 0.6) is 0 Å². The number of likely N-dealkylation sites (tertiary alicyclic amines) is 1. The number of benzene rings is 2. The first-order chi connectivity index (χ1) is 29.6. The summed E-state index contributed by atoms with van der Waals surface area (Å²) in [5.74, 6) is -1.88. The van der Waals surface area contributed by atoms with Crippen molar-refractivity contribution in [2.75, 3.05) is 51.1 Å². The lowest BCUT2D eigenvalue weighted by Crippen LogP contribution is -2.56. The maximum atomic E-state index is 13.3. The number of piperidine rings is 3. The molecule has 6 N–H and O–H groups in total. The smallest absolute Gasteiger partial charge is 0.264 e. The first-order valence-corrected chi connectivity index (χ1v) is 22.7. The van der Waals surface area contributed by atoms with Gasteiger partial charge >= 0.3 is 0 Å². The third-order valence-electron chi connectivity index (χ3n) is 13.1. The van der Waals surface area contributed by atoms with Crippen molar-refractivity contribution in [3.05, 3.63) is 64.7 Å². The summed E-state index contributed by atoms with van der Waals surface area (Å²) in [7, 11) is 0. The molecule has 4 atom stereocenters. The fourth-order valence-corrected chi connectivity index (χ4v) is 9.63. The van der Waals surface area contributed by atoms with E-state index in [1.54, 1.807) is 18.2 Å². The molecule has 2 aromatic rings. The molecule has 15 nitrogen and oxygen atoms in total. The van der Waals surface area contributed by atoms with Gasteiger partial charge in [0.05, 0.1) is 23.4 Å². The number of imide groups is 2. The van der Waals surface area contributed by atoms with Gasteiger partial charge in [0.15, 0.2) is 0 Å². The lowest BCUT2D eigenvalue weighted by Gasteiger charge is -2.37. The summed E-state index contributed by atoms with van der Waals surface area (Å²) in [6.07, 6.45) is 11.5. The number of amides is 6. The Morgan fingerprint density at radius 3 is 2.36 bits per heavy atom. The topological polar surface area (TPSA) is 193 Å². The molecule has 2 aromatic carbocycles. The number of aliphatic hydroxyl groups excluding tert-OH is 1. The predicted molar refractivity (Wildman–Crippen MR) is 230 cm³/mol. The molecule has 61 heavy (non-hydrogen) atoms. The second kappa shape index (κ2) is 21.4. The quantitative estimate of drug-likeness (QED) is 0.0901. The standard InChI is InChI=1S/C46H64N8O7/c55-35(30-52-24-19-31-11-7-8-12-33(31)29-52)28-49-43(58)32-18-23-48-39(27-32)50-34-20-25-53(26-21-34)41(57)15-6-4-2-1-3-5-9-22-47-37-14-10-13-36-42(37)46(61)54(45(36)60)38-16-17-40(56)51-44(38)59/h7-8,10-14,32,34-35,38-39,47-48,50,55H,1-6,9,15-30H2,(H,49,58)(H,51,56,59)/t32?,35-,38?,39?/m0/s1. The number of hydrogen-bond donors (Lipinski definition) is 6. The van der Waals surface area contributed by atoms with E-state index in [0.29, 0.717) is 37.7 Å². The number of hydrogen-bond acceptors (Lipinski definition) is 11. The van der Waals surface area contributed by atoms with Gasteiger partial charge in [0.2, 0.25) is 23.6 Å². The van der Waals surface area contributed by atoms with Gasteiger partial charge in [-0.3, -0.25) is 49.2 Å². The number of fused-ring (bicyclic) bond motifs is 2. The Hall–Kier alpha value is -4.70. The van der Waals surface area contributed by atoms with Crippen LogP contribution in [0.1, 0.15) is 122 Å². The zero-order valence-corrected chi connectivity index (χ0v) is 35.4. The number of carbonyl (C=O) groups is 6. The van der Waals surface area contributed by atoms with Gasteiger partial charge in [0.25, 0.3) is 11.8 Å². The number of aliphatic hydroxyl groups is 1. The van der Waals surface area contributed by atoms with Crippen molar-refractivity contribution in [2.24, 2.45) is 5.92 Å². The fourth-order valence-electron chi connectivity index (χ4n) is 9.63. The fraction of sp³-hybridized carbons (Fsp3) is 0.609. The van der Waals surface area contributed by atoms with Crippen molar-refractivity contribution < 1.29 is 33.9 Å². The molecular formula is C46H64N8O7. The van der Waals surface area contributed by atoms with Crippen molar-refractivity contribution in [3.63, 3.8) is 0 Å². The number of unbranched alkanes of at least 4 members (excludes halogenated alkanes) is 6. The van der Waals surface area contributed by atoms with Crippen LogP contribution in [-0.2, 0) is 32.1 Å². The second-order valence-corrected chi connectivity index (χ2v) is 17.5. The van der Waals surface area contributed by atoms with Gasteiger partial charge in [0, 0.05) is 76.3 Å². The molecule has 15 heteroatoms. The molecule has 0 aliphatic carbocycles. The van der Waals surface area contributed by atoms with Crippen LogP contribution in [0.15, 0.2) is 42.5 Å². The highest BCUT2D eigenvalue weighted by atomic mass is 16.3. The first-order valence-electron chi connectivity index (χ1n) is 22.7. The number of carbonyl (C=O) groups excluding carboxylic acids is 6. The number of nitrogens with zero attached hydrogens (tertiary/aromatic N) is 3. The highest BCUT2D eigenvalue weighted by Gasteiger charge is 2.45. The summed E-state index contributed by atoms with van der Waals surface area (Å²) in [5, 5.41) is 26.5. The summed E-state index contributed by atoms with van der Waals surface area (Å²) >= 11 is 0. The van der Waals surface area contributed by atoms with Gasteiger partial charge in [-0.1, -0.05) is 62.4 Å². The van der Waals surface area contributed by atoms with E-state index in [9.17, 15) is 33.9 Å². The minimum atomic E-state index is -0.984. The molecule has 3 unspecified atom stereocenters. The van der Waals surface area contributed by atoms with Crippen LogP contribution in [-0.4, -0.2) is 125 Å². The first kappa shape index (κ1) is 44.4. The van der Waals surface area contributed by atoms with Crippen molar-refractivity contribution in [3.8, 4) is 0 Å². The zero-order valence-electron chi connectivity index (χ0n) is 35.4. The van der Waals surface area contributed by atoms with E-state index in [4.69, 9.17) is 0 Å². The van der Waals surface area contributed by atoms with Gasteiger partial charge in [-0.2, -0.15) is 0 Å². The Morgan fingerprint density at radius 2 is 1.57 bits per heavy atom. The summed E-state index contributed by atoms with van der Waals surface area (Å²) in [4.78, 5) is 81.7. The van der Waals surface area contributed by atoms with Gasteiger partial charge in [-0.15, -0.1) is 0 Å². The van der Waals surface area contributed by atoms with Crippen molar-refractivity contribution >= 4 is 41.1 Å². The molecular weight excluding hydrogens is 777 g/mol. The number of β-amino-alcohol motifs (C(OH)–C–C–N with tert-alkyl or cyclic N) is 1. The van der Waals surface area contributed by atoms with Crippen LogP contribution in [0.4, 0.5) is 5.69 Å². The Bertz CT molecular complexity index is 1900. The molecule has 6 amide bonds. The van der Waals surface area contributed by atoms with Crippen LogP contribution in [0.25, 0.3) is 0 Å². The Balaban J connectivity index is 0.704. The van der Waals surface area contributed by atoms with Crippen LogP contribution in [0.2, 0.25) is 0 Å². The molecule has 3 saturated heterocycles. The molecule has 3 fully saturated rings. The number of nitrogens with one attached hydrogen (secondary N) is 5. The summed E-state index contributed by atoms with van der Waals surface area (Å²) < 4.78 is 0. The normalized spacial score (nSPS) is 22.7. The van der Waals surface area contributed by atoms with Crippen LogP contribution in [0, 0.1) is 5.92 Å². The highest BCUT2D eigenvalue weighted by Crippen LogP contribution is 2.32. The molecule has 5 aliphatic heterocycles. The summed E-state index contributed by atoms with van der Waals surface area (Å²) in [6, 6.07) is 12.9. The maximum Gasteiger partial charge on any atom is 0.264 e. The van der Waals surface area contributed by atoms with E-state index >= 15 is 0 Å². The van der Waals surface area contributed by atoms with Crippen molar-refractivity contribution in [2.45, 2.75) is 127 Å². The third kappa shape index (κ3) is 11.6. The van der Waals surface area contributed by atoms with Crippen LogP contribution >= 0.6 is 0 Å². The van der Waals surface area contributed by atoms with Gasteiger partial charge in [-0.05, 0) is 81.2 Å². The van der Waals surface area contributed by atoms with E-state index < -0.39 is 35.8 Å². The molecule has 7 rings (SSSR count). The second-order valence-electron chi connectivity index (χ2n) is 17.5. The van der Waals surface area contributed by atoms with E-state index in [-0.39, 0.29) is 54.4 Å². The lowest BCUT2D eigenvalue weighted by molar-refractivity contribution is -0.136. The van der Waals surface area contributed by atoms with E-state index in [1.807, 2.05) is 4.90 Å². The van der Waals surface area contributed by atoms with E-state index in [0.717, 1.165) is 108 Å². The van der Waals surface area contributed by atoms with Gasteiger partial charge in [-0.25, -0.2) is 0 Å². The van der Waals surface area contributed by atoms with Crippen molar-refractivity contribution in [1.29, 1.82) is 0 Å². The molecule has 0 spiro atoms. The van der Waals surface area contributed by atoms with E-state index in [2.05, 4.69) is 55.7 Å². The molecule has 5 aliphatic rings. The molecule has 0 radical (unpaired) electrons. The molecule has 0 saturated carbocycles. The maximum absolute atomic E-state index is 13.3. The zero-order chi connectivity index (χ0) is 42.7. The Morgan fingerprint density at radius 1 is 0.820 bits per heavy atom. The summed E-state index contributed by atoms with van der Waals surface area (Å²) in [6.45, 7) is 5.45. The van der Waals surface area contributed by atoms with Crippen LogP contribution < -0.4 is 26.6 Å². The van der Waals surface area contributed by atoms with Crippen molar-refractivity contribution in [1.82, 2.24) is 36.0 Å². The highest BCUT2D eigenvalue weighted by molar-refractivity contribution is 6.25. The number of anilines is 1. The summed E-state index contributed by atoms with van der Waals surface area (Å²) in [5.41, 5.74) is 3.83. The number of rotatable bonds is 19. The third-order valence-corrected chi connectivity index (χ3v) is 13.1. The van der Waals surface area contributed by atoms with E-state index in [1.165, 1.54) is 11.1 Å². The molecule has 0 bridgehead atoms. The average molecular weight is 841 g/mol. The van der Waals surface area contributed by atoms with Gasteiger partial charge in [0.1, 0.15) is 6.04 Å². The Kier molecular flexibility index (Phi) is 15.6. The Labute approximate surface area is 359 Å². The molecule has 0 aromatic heterocycles. The van der Waals surface area contributed by atoms with Crippen LogP contribution in [0.3, 0.4) is 0 Å². The predicted octanol–water partition coefficient (Wildman–Crippen LogP) is 3.06. The minimum Gasteiger partial charge on any atom is -0.390 e. The average Bonchev–Trinajstić information content (AvgIpc) is 3.52. The largest absolute Gasteiger partial charge is 0.390 e.